The molecule has 1 aromatic rings. The number of rotatable bonds is 2. The van der Waals surface area contributed by atoms with Crippen molar-refractivity contribution >= 4 is 11.7 Å². The van der Waals surface area contributed by atoms with E-state index < -0.39 is 33.6 Å². The lowest BCUT2D eigenvalue weighted by Crippen LogP contribution is -2.79. The molecule has 160 valence electrons. The number of aliphatic hydroxyl groups is 1. The standard InChI is InChI=1S/C23H28N2O5/c1-5-12-11-25(28)17-9-14(12)23(21(27)30-4)18(25)10-22(20(23)26)15-8-13(29-3)6-7-16(15)24(2)19(17)22/h5-8,14,17-20,26H,9-11H2,1-4H3/b12-5+/t14-,17-,18-,19+,20-,22+,23+,25?/m0/s1. The molecule has 5 bridgehead atoms. The first-order valence-electron chi connectivity index (χ1n) is 10.7. The number of carbonyl (C=O) groups is 1. The number of quaternary nitrogens is 1. The molecule has 1 aromatic carbocycles. The van der Waals surface area contributed by atoms with Crippen molar-refractivity contribution in [3.05, 3.63) is 40.6 Å². The molecular formula is C23H28N2O5. The number of allylic oxidation sites excluding steroid dienone is 1. The van der Waals surface area contributed by atoms with Crippen molar-refractivity contribution in [3.8, 4) is 5.75 Å². The zero-order chi connectivity index (χ0) is 21.2. The Morgan fingerprint density at radius 1 is 1.40 bits per heavy atom. The molecule has 0 amide bonds. The first-order chi connectivity index (χ1) is 14.3. The summed E-state index contributed by atoms with van der Waals surface area (Å²) in [5, 5.41) is 26.7. The molecule has 5 fully saturated rings. The van der Waals surface area contributed by atoms with Crippen LogP contribution in [0.2, 0.25) is 0 Å². The largest absolute Gasteiger partial charge is 0.632 e. The smallest absolute Gasteiger partial charge is 0.321 e. The van der Waals surface area contributed by atoms with E-state index in [0.29, 0.717) is 19.4 Å². The van der Waals surface area contributed by atoms with Crippen LogP contribution in [0.3, 0.4) is 0 Å². The molecule has 30 heavy (non-hydrogen) atoms. The van der Waals surface area contributed by atoms with Crippen LogP contribution in [0, 0.1) is 16.5 Å². The highest BCUT2D eigenvalue weighted by Gasteiger charge is 2.87. The molecule has 8 atom stereocenters. The number of aliphatic hydroxyl groups excluding tert-OH is 1. The average molecular weight is 412 g/mol. The maximum atomic E-state index is 14.5. The summed E-state index contributed by atoms with van der Waals surface area (Å²) in [6, 6.07) is 5.10. The van der Waals surface area contributed by atoms with Crippen molar-refractivity contribution in [2.24, 2.45) is 11.3 Å². The SMILES string of the molecule is C/C=C1\C[N+]2([O-])[C@H]3C[C@@H]1[C@]1(C(=O)OC)[C@@H](O)[C@]4(C[C@@H]12)c1cc(OC)ccc1N(C)[C@H]34. The minimum absolute atomic E-state index is 0.152. The highest BCUT2D eigenvalue weighted by Crippen LogP contribution is 2.74. The normalized spacial score (nSPS) is 48.1. The van der Waals surface area contributed by atoms with E-state index in [1.807, 2.05) is 38.2 Å². The predicted molar refractivity (Wildman–Crippen MR) is 110 cm³/mol. The maximum Gasteiger partial charge on any atom is 0.321 e. The van der Waals surface area contributed by atoms with Crippen LogP contribution in [0.25, 0.3) is 0 Å². The monoisotopic (exact) mass is 412 g/mol. The van der Waals surface area contributed by atoms with E-state index in [9.17, 15) is 15.1 Å². The van der Waals surface area contributed by atoms with E-state index in [4.69, 9.17) is 9.47 Å². The fourth-order valence-corrected chi connectivity index (χ4v) is 8.42. The molecule has 7 rings (SSSR count). The van der Waals surface area contributed by atoms with Crippen LogP contribution in [0.1, 0.15) is 25.3 Å². The fourth-order valence-electron chi connectivity index (χ4n) is 8.42. The zero-order valence-electron chi connectivity index (χ0n) is 17.8. The Morgan fingerprint density at radius 2 is 2.17 bits per heavy atom. The van der Waals surface area contributed by atoms with E-state index >= 15 is 0 Å². The van der Waals surface area contributed by atoms with Gasteiger partial charge in [0.05, 0.1) is 31.8 Å². The van der Waals surface area contributed by atoms with Crippen molar-refractivity contribution in [2.45, 2.75) is 49.4 Å². The zero-order valence-corrected chi connectivity index (χ0v) is 17.8. The molecule has 5 aliphatic heterocycles. The number of likely N-dealkylation sites (N-methyl/N-ethyl adjacent to an activating group) is 1. The molecular weight excluding hydrogens is 384 g/mol. The number of carbonyl (C=O) groups excluding carboxylic acids is 1. The summed E-state index contributed by atoms with van der Waals surface area (Å²) < 4.78 is 10.4. The third-order valence-electron chi connectivity index (χ3n) is 9.35. The van der Waals surface area contributed by atoms with E-state index in [0.717, 1.165) is 22.6 Å². The maximum absolute atomic E-state index is 14.5. The average Bonchev–Trinajstić information content (AvgIpc) is 3.13. The molecule has 4 saturated heterocycles. The van der Waals surface area contributed by atoms with Crippen molar-refractivity contribution in [1.82, 2.24) is 0 Å². The Bertz CT molecular complexity index is 1010. The quantitative estimate of drug-likeness (QED) is 0.345. The first kappa shape index (κ1) is 18.7. The van der Waals surface area contributed by atoms with Gasteiger partial charge in [-0.3, -0.25) is 4.79 Å². The van der Waals surface area contributed by atoms with Gasteiger partial charge in [-0.2, -0.15) is 0 Å². The van der Waals surface area contributed by atoms with Crippen molar-refractivity contribution < 1.29 is 24.0 Å². The molecule has 1 unspecified atom stereocenters. The van der Waals surface area contributed by atoms with Crippen LogP contribution in [0.4, 0.5) is 5.69 Å². The summed E-state index contributed by atoms with van der Waals surface area (Å²) in [7, 11) is 5.02. The Balaban J connectivity index is 1.68. The number of anilines is 1. The molecule has 1 N–H and O–H groups in total. The number of hydroxylamine groups is 3. The minimum Gasteiger partial charge on any atom is -0.632 e. The van der Waals surface area contributed by atoms with Gasteiger partial charge in [-0.25, -0.2) is 0 Å². The lowest BCUT2D eigenvalue weighted by Gasteiger charge is -2.69. The number of methoxy groups -OCH3 is 2. The second kappa shape index (κ2) is 5.39. The predicted octanol–water partition coefficient (Wildman–Crippen LogP) is 1.72. The topological polar surface area (TPSA) is 82.1 Å². The van der Waals surface area contributed by atoms with Gasteiger partial charge in [0, 0.05) is 31.5 Å². The number of hydrogen-bond donors (Lipinski definition) is 1. The highest BCUT2D eigenvalue weighted by atomic mass is 16.6. The van der Waals surface area contributed by atoms with Gasteiger partial charge >= 0.3 is 5.97 Å². The Morgan fingerprint density at radius 3 is 2.83 bits per heavy atom. The molecule has 7 nitrogen and oxygen atoms in total. The first-order valence-corrected chi connectivity index (χ1v) is 10.7. The number of piperidine rings is 4. The third kappa shape index (κ3) is 1.58. The van der Waals surface area contributed by atoms with E-state index in [2.05, 4.69) is 4.90 Å². The molecule has 1 aliphatic carbocycles. The molecule has 6 aliphatic rings. The van der Waals surface area contributed by atoms with E-state index in [-0.39, 0.29) is 18.0 Å². The van der Waals surface area contributed by atoms with Crippen LogP contribution in [0.15, 0.2) is 29.8 Å². The van der Waals surface area contributed by atoms with Crippen molar-refractivity contribution in [3.63, 3.8) is 0 Å². The number of esters is 1. The molecule has 1 spiro atoms. The summed E-state index contributed by atoms with van der Waals surface area (Å²) >= 11 is 0. The van der Waals surface area contributed by atoms with Gasteiger partial charge in [-0.15, -0.1) is 0 Å². The summed E-state index contributed by atoms with van der Waals surface area (Å²) in [5.74, 6) is 0.139. The van der Waals surface area contributed by atoms with Crippen LogP contribution in [0.5, 0.6) is 5.75 Å². The van der Waals surface area contributed by atoms with Gasteiger partial charge in [0.25, 0.3) is 0 Å². The molecule has 7 heteroatoms. The van der Waals surface area contributed by atoms with Gasteiger partial charge in [-0.1, -0.05) is 6.08 Å². The van der Waals surface area contributed by atoms with E-state index in [1.54, 1.807) is 7.11 Å². The molecule has 0 aromatic heterocycles. The Labute approximate surface area is 176 Å². The van der Waals surface area contributed by atoms with Gasteiger partial charge in [0.2, 0.25) is 0 Å². The van der Waals surface area contributed by atoms with Crippen LogP contribution in [-0.2, 0) is 14.9 Å². The number of fused-ring (bicyclic) bond motifs is 2. The summed E-state index contributed by atoms with van der Waals surface area (Å²) in [6.45, 7) is 2.34. The van der Waals surface area contributed by atoms with Gasteiger partial charge in [-0.05, 0) is 36.3 Å². The van der Waals surface area contributed by atoms with E-state index in [1.165, 1.54) is 7.11 Å². The lowest BCUT2D eigenvalue weighted by molar-refractivity contribution is -0.950. The second-order valence-electron chi connectivity index (χ2n) is 9.76. The van der Waals surface area contributed by atoms with Crippen molar-refractivity contribution in [2.75, 3.05) is 32.7 Å². The number of benzene rings is 1. The summed E-state index contributed by atoms with van der Waals surface area (Å²) in [4.78, 5) is 15.6. The minimum atomic E-state index is -1.20. The number of ether oxygens (including phenoxy) is 2. The van der Waals surface area contributed by atoms with Crippen LogP contribution < -0.4 is 9.64 Å². The highest BCUT2D eigenvalue weighted by molar-refractivity contribution is 5.83. The lowest BCUT2D eigenvalue weighted by atomic mass is 9.58. The van der Waals surface area contributed by atoms with Crippen LogP contribution in [-0.4, -0.2) is 67.8 Å². The molecule has 1 saturated carbocycles. The fraction of sp³-hybridized carbons (Fsp3) is 0.609. The molecule has 5 heterocycles. The van der Waals surface area contributed by atoms with Gasteiger partial charge < -0.3 is 29.3 Å². The van der Waals surface area contributed by atoms with Gasteiger partial charge in [0.1, 0.15) is 24.4 Å². The second-order valence-corrected chi connectivity index (χ2v) is 9.76. The number of nitrogens with zero attached hydrogens (tertiary/aromatic N) is 2. The third-order valence-corrected chi connectivity index (χ3v) is 9.35. The van der Waals surface area contributed by atoms with Gasteiger partial charge in [0.15, 0.2) is 5.41 Å². The summed E-state index contributed by atoms with van der Waals surface area (Å²) in [6.07, 6.45) is 2.09. The number of hydrogen-bond acceptors (Lipinski definition) is 6. The molecule has 0 radical (unpaired) electrons. The summed E-state index contributed by atoms with van der Waals surface area (Å²) in [5.41, 5.74) is 1.13. The Kier molecular flexibility index (Phi) is 3.35. The van der Waals surface area contributed by atoms with Crippen molar-refractivity contribution in [1.29, 1.82) is 0 Å². The Hall–Kier alpha value is -2.09. The van der Waals surface area contributed by atoms with Crippen LogP contribution >= 0.6 is 0 Å².